The van der Waals surface area contributed by atoms with Crippen molar-refractivity contribution in [2.24, 2.45) is 0 Å². The van der Waals surface area contributed by atoms with Crippen LogP contribution in [-0.2, 0) is 14.8 Å². The van der Waals surface area contributed by atoms with Gasteiger partial charge in [0.2, 0.25) is 10.0 Å². The number of alkyl halides is 1. The van der Waals surface area contributed by atoms with Crippen LogP contribution in [0.5, 0.6) is 0 Å². The van der Waals surface area contributed by atoms with Gasteiger partial charge in [0.15, 0.2) is 0 Å². The molecule has 0 aromatic carbocycles. The Balaban J connectivity index is 1.99. The Morgan fingerprint density at radius 2 is 1.94 bits per heavy atom. The molecule has 0 atom stereocenters. The summed E-state index contributed by atoms with van der Waals surface area (Å²) in [5.74, 6) is 0. The first kappa shape index (κ1) is 14.2. The summed E-state index contributed by atoms with van der Waals surface area (Å²) in [6.07, 6.45) is 7.20. The molecule has 0 unspecified atom stereocenters. The zero-order valence-corrected chi connectivity index (χ0v) is 11.0. The van der Waals surface area contributed by atoms with E-state index in [1.807, 2.05) is 0 Å². The van der Waals surface area contributed by atoms with Crippen LogP contribution in [0.4, 0.5) is 0 Å². The maximum atomic E-state index is 11.0. The lowest BCUT2D eigenvalue weighted by atomic mass is 9.98. The third kappa shape index (κ3) is 6.03. The Morgan fingerprint density at radius 3 is 2.56 bits per heavy atom. The summed E-state index contributed by atoms with van der Waals surface area (Å²) in [7, 11) is -3.26. The zero-order valence-electron chi connectivity index (χ0n) is 9.45. The Bertz CT molecular complexity index is 276. The van der Waals surface area contributed by atoms with Crippen molar-refractivity contribution in [1.29, 1.82) is 0 Å². The fourth-order valence-corrected chi connectivity index (χ4v) is 2.58. The standard InChI is InChI=1S/C10H20ClNO3S/c11-9-16(13,14)12-7-4-8-15-10-5-2-1-3-6-10/h10,12H,1-9H2. The molecule has 0 radical (unpaired) electrons. The molecule has 0 spiro atoms. The van der Waals surface area contributed by atoms with Crippen molar-refractivity contribution in [3.8, 4) is 0 Å². The number of hydrogen-bond acceptors (Lipinski definition) is 3. The van der Waals surface area contributed by atoms with Crippen LogP contribution < -0.4 is 4.72 Å². The van der Waals surface area contributed by atoms with E-state index in [2.05, 4.69) is 4.72 Å². The van der Waals surface area contributed by atoms with Crippen LogP contribution in [0.2, 0.25) is 0 Å². The smallest absolute Gasteiger partial charge is 0.225 e. The normalized spacial score (nSPS) is 18.8. The highest BCUT2D eigenvalue weighted by atomic mass is 35.5. The molecule has 4 nitrogen and oxygen atoms in total. The van der Waals surface area contributed by atoms with Crippen molar-refractivity contribution in [2.75, 3.05) is 18.4 Å². The van der Waals surface area contributed by atoms with Crippen molar-refractivity contribution < 1.29 is 13.2 Å². The molecule has 0 bridgehead atoms. The maximum absolute atomic E-state index is 11.0. The molecule has 96 valence electrons. The van der Waals surface area contributed by atoms with Gasteiger partial charge in [-0.2, -0.15) is 0 Å². The highest BCUT2D eigenvalue weighted by molar-refractivity contribution is 7.90. The molecule has 1 N–H and O–H groups in total. The molecule has 0 heterocycles. The minimum Gasteiger partial charge on any atom is -0.378 e. The molecule has 1 aliphatic carbocycles. The van der Waals surface area contributed by atoms with E-state index in [0.717, 1.165) is 12.8 Å². The maximum Gasteiger partial charge on any atom is 0.225 e. The Hall–Kier alpha value is 0.160. The molecular weight excluding hydrogens is 250 g/mol. The number of sulfonamides is 1. The van der Waals surface area contributed by atoms with Crippen molar-refractivity contribution in [3.05, 3.63) is 0 Å². The van der Waals surface area contributed by atoms with E-state index >= 15 is 0 Å². The first-order chi connectivity index (χ1) is 7.64. The van der Waals surface area contributed by atoms with E-state index in [1.54, 1.807) is 0 Å². The van der Waals surface area contributed by atoms with Gasteiger partial charge in [-0.25, -0.2) is 13.1 Å². The lowest BCUT2D eigenvalue weighted by Gasteiger charge is -2.21. The van der Waals surface area contributed by atoms with E-state index < -0.39 is 10.0 Å². The van der Waals surface area contributed by atoms with Gasteiger partial charge < -0.3 is 4.74 Å². The summed E-state index contributed by atoms with van der Waals surface area (Å²) < 4.78 is 30.0. The van der Waals surface area contributed by atoms with Crippen LogP contribution in [0.3, 0.4) is 0 Å². The topological polar surface area (TPSA) is 55.4 Å². The van der Waals surface area contributed by atoms with E-state index in [4.69, 9.17) is 16.3 Å². The first-order valence-electron chi connectivity index (χ1n) is 5.79. The predicted molar refractivity (Wildman–Crippen MR) is 65.1 cm³/mol. The Kier molecular flexibility index (Phi) is 6.65. The predicted octanol–water partition coefficient (Wildman–Crippen LogP) is 1.84. The van der Waals surface area contributed by atoms with Crippen LogP contribution >= 0.6 is 11.6 Å². The molecule has 0 aromatic rings. The van der Waals surface area contributed by atoms with Gasteiger partial charge in [0, 0.05) is 13.2 Å². The van der Waals surface area contributed by atoms with E-state index in [0.29, 0.717) is 25.7 Å². The fourth-order valence-electron chi connectivity index (χ4n) is 1.82. The molecule has 16 heavy (non-hydrogen) atoms. The molecule has 0 aliphatic heterocycles. The lowest BCUT2D eigenvalue weighted by molar-refractivity contribution is 0.0278. The van der Waals surface area contributed by atoms with Crippen LogP contribution in [-0.4, -0.2) is 32.9 Å². The number of ether oxygens (including phenoxy) is 1. The molecule has 0 saturated heterocycles. The van der Waals surface area contributed by atoms with Gasteiger partial charge in [-0.3, -0.25) is 0 Å². The minimum absolute atomic E-state index is 0.378. The fraction of sp³-hybridized carbons (Fsp3) is 1.00. The van der Waals surface area contributed by atoms with Gasteiger partial charge in [-0.15, -0.1) is 11.6 Å². The average Bonchev–Trinajstić information content (AvgIpc) is 2.30. The monoisotopic (exact) mass is 269 g/mol. The van der Waals surface area contributed by atoms with Crippen LogP contribution in [0.25, 0.3) is 0 Å². The highest BCUT2D eigenvalue weighted by Crippen LogP contribution is 2.20. The second kappa shape index (κ2) is 7.48. The molecular formula is C10H20ClNO3S. The van der Waals surface area contributed by atoms with Gasteiger partial charge in [0.05, 0.1) is 6.10 Å². The van der Waals surface area contributed by atoms with Gasteiger partial charge in [-0.05, 0) is 19.3 Å². The summed E-state index contributed by atoms with van der Waals surface area (Å²) >= 11 is 5.25. The summed E-state index contributed by atoms with van der Waals surface area (Å²) in [4.78, 5) is 0. The molecule has 6 heteroatoms. The Labute approximate surface area is 103 Å². The summed E-state index contributed by atoms with van der Waals surface area (Å²) in [5.41, 5.74) is 0. The third-order valence-corrected chi connectivity index (χ3v) is 4.49. The molecule has 1 rings (SSSR count). The first-order valence-corrected chi connectivity index (χ1v) is 7.97. The Morgan fingerprint density at radius 1 is 1.25 bits per heavy atom. The van der Waals surface area contributed by atoms with Gasteiger partial charge in [0.1, 0.15) is 5.21 Å². The molecule has 0 aromatic heterocycles. The number of rotatable bonds is 7. The van der Waals surface area contributed by atoms with Gasteiger partial charge >= 0.3 is 0 Å². The number of halogens is 1. The summed E-state index contributed by atoms with van der Waals surface area (Å²) in [6.45, 7) is 1.03. The van der Waals surface area contributed by atoms with Crippen molar-refractivity contribution in [2.45, 2.75) is 44.6 Å². The van der Waals surface area contributed by atoms with Crippen molar-refractivity contribution in [3.63, 3.8) is 0 Å². The largest absolute Gasteiger partial charge is 0.378 e. The molecule has 1 saturated carbocycles. The van der Waals surface area contributed by atoms with E-state index in [-0.39, 0.29) is 5.21 Å². The average molecular weight is 270 g/mol. The zero-order chi connectivity index (χ0) is 11.9. The molecule has 1 aliphatic rings. The second-order valence-corrected chi connectivity index (χ2v) is 6.49. The van der Waals surface area contributed by atoms with Crippen LogP contribution in [0.1, 0.15) is 38.5 Å². The van der Waals surface area contributed by atoms with Crippen LogP contribution in [0.15, 0.2) is 0 Å². The lowest BCUT2D eigenvalue weighted by Crippen LogP contribution is -2.27. The van der Waals surface area contributed by atoms with E-state index in [9.17, 15) is 8.42 Å². The van der Waals surface area contributed by atoms with Crippen LogP contribution in [0, 0.1) is 0 Å². The quantitative estimate of drug-likeness (QED) is 0.567. The number of hydrogen-bond donors (Lipinski definition) is 1. The summed E-state index contributed by atoms with van der Waals surface area (Å²) in [6, 6.07) is 0. The molecule has 0 amide bonds. The molecule has 1 fully saturated rings. The highest BCUT2D eigenvalue weighted by Gasteiger charge is 2.13. The van der Waals surface area contributed by atoms with Crippen molar-refractivity contribution in [1.82, 2.24) is 4.72 Å². The third-order valence-electron chi connectivity index (χ3n) is 2.69. The van der Waals surface area contributed by atoms with E-state index in [1.165, 1.54) is 19.3 Å². The second-order valence-electron chi connectivity index (χ2n) is 4.10. The van der Waals surface area contributed by atoms with Gasteiger partial charge in [0.25, 0.3) is 0 Å². The number of nitrogens with one attached hydrogen (secondary N) is 1. The van der Waals surface area contributed by atoms with Crippen molar-refractivity contribution >= 4 is 21.6 Å². The van der Waals surface area contributed by atoms with Gasteiger partial charge in [-0.1, -0.05) is 19.3 Å². The summed E-state index contributed by atoms with van der Waals surface area (Å²) in [5, 5.41) is -0.378. The minimum atomic E-state index is -3.26. The SMILES string of the molecule is O=S(=O)(CCl)NCCCOC1CCCCC1.